The van der Waals surface area contributed by atoms with Crippen LogP contribution in [0.1, 0.15) is 51.5 Å². The van der Waals surface area contributed by atoms with Crippen molar-refractivity contribution in [1.29, 1.82) is 0 Å². The summed E-state index contributed by atoms with van der Waals surface area (Å²) in [6.07, 6.45) is 6.97. The van der Waals surface area contributed by atoms with Crippen LogP contribution in [0.4, 0.5) is 0 Å². The van der Waals surface area contributed by atoms with E-state index in [0.29, 0.717) is 11.1 Å². The highest BCUT2D eigenvalue weighted by Gasteiger charge is 2.20. The van der Waals surface area contributed by atoms with Crippen LogP contribution in [0.15, 0.2) is 35.3 Å². The molecule has 0 fully saturated rings. The van der Waals surface area contributed by atoms with Crippen molar-refractivity contribution in [2.45, 2.75) is 40.3 Å². The van der Waals surface area contributed by atoms with Gasteiger partial charge >= 0.3 is 0 Å². The van der Waals surface area contributed by atoms with Crippen LogP contribution in [0, 0.1) is 33.1 Å². The number of hydrogen-bond donors (Lipinski definition) is 2. The summed E-state index contributed by atoms with van der Waals surface area (Å²) in [6.45, 7) is 7.85. The Morgan fingerprint density at radius 1 is 1.34 bits per heavy atom. The van der Waals surface area contributed by atoms with Gasteiger partial charge in [-0.25, -0.2) is 0 Å². The van der Waals surface area contributed by atoms with E-state index < -0.39 is 0 Å². The van der Waals surface area contributed by atoms with Gasteiger partial charge in [-0.3, -0.25) is 9.59 Å². The predicted molar refractivity (Wildman–Crippen MR) is 113 cm³/mol. The van der Waals surface area contributed by atoms with Gasteiger partial charge in [0.15, 0.2) is 0 Å². The van der Waals surface area contributed by atoms with Crippen molar-refractivity contribution < 1.29 is 9.53 Å². The van der Waals surface area contributed by atoms with Crippen molar-refractivity contribution in [2.75, 3.05) is 6.61 Å². The number of terminal acetylenes is 1. The monoisotopic (exact) mass is 391 g/mol. The number of fused-ring (bicyclic) bond motifs is 1. The summed E-state index contributed by atoms with van der Waals surface area (Å²) in [4.78, 5) is 28.0. The smallest absolute Gasteiger partial charge is 0.253 e. The summed E-state index contributed by atoms with van der Waals surface area (Å²) < 4.78 is 7.71. The largest absolute Gasteiger partial charge is 0.360 e. The Hall–Kier alpha value is -3.30. The fraction of sp³-hybridized carbons (Fsp3) is 0.304. The molecule has 29 heavy (non-hydrogen) atoms. The fourth-order valence-electron chi connectivity index (χ4n) is 3.66. The maximum atomic E-state index is 13.0. The molecule has 6 heteroatoms. The zero-order valence-corrected chi connectivity index (χ0v) is 17.1. The third-order valence-corrected chi connectivity index (χ3v) is 5.09. The van der Waals surface area contributed by atoms with Crippen molar-refractivity contribution in [2.24, 2.45) is 0 Å². The van der Waals surface area contributed by atoms with Gasteiger partial charge in [-0.05, 0) is 63.1 Å². The summed E-state index contributed by atoms with van der Waals surface area (Å²) >= 11 is 0. The number of aryl methyl sites for hydroxylation is 2. The number of rotatable bonds is 6. The molecule has 1 amide bonds. The molecule has 0 aliphatic rings. The van der Waals surface area contributed by atoms with E-state index in [1.54, 1.807) is 0 Å². The minimum atomic E-state index is -0.282. The summed E-state index contributed by atoms with van der Waals surface area (Å²) in [7, 11) is 0. The van der Waals surface area contributed by atoms with Crippen LogP contribution < -0.4 is 10.9 Å². The quantitative estimate of drug-likeness (QED) is 0.634. The zero-order chi connectivity index (χ0) is 21.1. The Balaban J connectivity index is 1.93. The van der Waals surface area contributed by atoms with Crippen molar-refractivity contribution in [1.82, 2.24) is 14.7 Å². The van der Waals surface area contributed by atoms with E-state index in [-0.39, 0.29) is 30.7 Å². The van der Waals surface area contributed by atoms with Crippen LogP contribution in [-0.2, 0) is 11.3 Å². The second kappa shape index (κ2) is 8.38. The highest BCUT2D eigenvalue weighted by atomic mass is 16.5. The number of ether oxygens (including phenoxy) is 1. The molecule has 0 saturated carbocycles. The number of nitrogens with one attached hydrogen (secondary N) is 2. The number of amides is 1. The van der Waals surface area contributed by atoms with Gasteiger partial charge in [0, 0.05) is 35.1 Å². The second-order valence-electron chi connectivity index (χ2n) is 7.15. The molecule has 3 aromatic rings. The number of carbonyl (C=O) groups excluding carboxylic acids is 1. The van der Waals surface area contributed by atoms with Gasteiger partial charge in [-0.2, -0.15) is 0 Å². The van der Waals surface area contributed by atoms with E-state index in [1.807, 2.05) is 62.6 Å². The number of aromatic nitrogens is 2. The molecule has 1 unspecified atom stereocenters. The Morgan fingerprint density at radius 3 is 2.79 bits per heavy atom. The van der Waals surface area contributed by atoms with E-state index in [1.165, 1.54) is 0 Å². The summed E-state index contributed by atoms with van der Waals surface area (Å²) in [6, 6.07) is 7.59. The van der Waals surface area contributed by atoms with E-state index in [9.17, 15) is 9.59 Å². The molecule has 0 saturated heterocycles. The topological polar surface area (TPSA) is 75.6 Å². The Bertz CT molecular complexity index is 1160. The first-order chi connectivity index (χ1) is 13.8. The molecule has 3 rings (SSSR count). The molecule has 6 nitrogen and oxygen atoms in total. The normalized spacial score (nSPS) is 12.0. The minimum Gasteiger partial charge on any atom is -0.360 e. The minimum absolute atomic E-state index is 0.157. The molecule has 1 atom stereocenters. The Kier molecular flexibility index (Phi) is 5.90. The first-order valence-electron chi connectivity index (χ1n) is 9.46. The number of nitrogens with zero attached hydrogens (tertiary/aromatic N) is 1. The molecule has 3 aromatic heterocycles. The van der Waals surface area contributed by atoms with Crippen molar-refractivity contribution in [3.63, 3.8) is 0 Å². The van der Waals surface area contributed by atoms with Crippen molar-refractivity contribution in [3.05, 3.63) is 74.5 Å². The molecule has 0 aromatic carbocycles. The van der Waals surface area contributed by atoms with E-state index in [0.717, 1.165) is 28.0 Å². The lowest BCUT2D eigenvalue weighted by molar-refractivity contribution is 0.0875. The standard InChI is InChI=1S/C23H25N3O3/c1-6-10-29-17(5)21-16(4)19(12-18-8-7-9-26(18)21)22(27)24-13-20-14(2)11-15(3)25-23(20)28/h1,7-9,11-12,17H,10,13H2,2-5H3,(H,24,27)(H,25,28). The maximum Gasteiger partial charge on any atom is 0.253 e. The Morgan fingerprint density at radius 2 is 2.10 bits per heavy atom. The lowest BCUT2D eigenvalue weighted by Crippen LogP contribution is -2.29. The summed E-state index contributed by atoms with van der Waals surface area (Å²) in [5, 5.41) is 2.88. The molecule has 150 valence electrons. The molecular weight excluding hydrogens is 366 g/mol. The number of carbonyl (C=O) groups is 1. The van der Waals surface area contributed by atoms with Crippen LogP contribution in [0.3, 0.4) is 0 Å². The third-order valence-electron chi connectivity index (χ3n) is 5.09. The average molecular weight is 391 g/mol. The van der Waals surface area contributed by atoms with Gasteiger partial charge in [0.25, 0.3) is 11.5 Å². The van der Waals surface area contributed by atoms with Crippen molar-refractivity contribution in [3.8, 4) is 12.3 Å². The molecule has 0 spiro atoms. The third kappa shape index (κ3) is 4.10. The first-order valence-corrected chi connectivity index (χ1v) is 9.46. The first kappa shape index (κ1) is 20.4. The van der Waals surface area contributed by atoms with Gasteiger partial charge in [0.1, 0.15) is 6.61 Å². The number of hydrogen-bond acceptors (Lipinski definition) is 3. The molecule has 3 heterocycles. The number of H-pyrrole nitrogens is 1. The molecule has 0 radical (unpaired) electrons. The molecular formula is C23H25N3O3. The van der Waals surface area contributed by atoms with Gasteiger partial charge in [0.05, 0.1) is 11.8 Å². The van der Waals surface area contributed by atoms with Crippen LogP contribution in [0.25, 0.3) is 5.52 Å². The summed E-state index contributed by atoms with van der Waals surface area (Å²) in [5.74, 6) is 2.24. The predicted octanol–water partition coefficient (Wildman–Crippen LogP) is 3.19. The van der Waals surface area contributed by atoms with Crippen LogP contribution in [0.2, 0.25) is 0 Å². The van der Waals surface area contributed by atoms with Crippen molar-refractivity contribution >= 4 is 11.4 Å². The van der Waals surface area contributed by atoms with Crippen LogP contribution in [-0.4, -0.2) is 21.9 Å². The van der Waals surface area contributed by atoms with E-state index in [2.05, 4.69) is 16.2 Å². The summed E-state index contributed by atoms with van der Waals surface area (Å²) in [5.41, 5.74) is 5.13. The van der Waals surface area contributed by atoms with E-state index in [4.69, 9.17) is 11.2 Å². The maximum absolute atomic E-state index is 13.0. The van der Waals surface area contributed by atoms with Gasteiger partial charge in [-0.1, -0.05) is 5.92 Å². The average Bonchev–Trinajstić information content (AvgIpc) is 3.12. The molecule has 2 N–H and O–H groups in total. The fourth-order valence-corrected chi connectivity index (χ4v) is 3.66. The number of aromatic amines is 1. The second-order valence-corrected chi connectivity index (χ2v) is 7.15. The Labute approximate surface area is 169 Å². The lowest BCUT2D eigenvalue weighted by atomic mass is 10.0. The lowest BCUT2D eigenvalue weighted by Gasteiger charge is -2.20. The van der Waals surface area contributed by atoms with Gasteiger partial charge in [-0.15, -0.1) is 6.42 Å². The SMILES string of the molecule is C#CCOC(C)c1c(C)c(C(=O)NCc2c(C)cc(C)[nH]c2=O)cc2cccn12. The van der Waals surface area contributed by atoms with Gasteiger partial charge in [0.2, 0.25) is 0 Å². The highest BCUT2D eigenvalue weighted by Crippen LogP contribution is 2.26. The van der Waals surface area contributed by atoms with Crippen LogP contribution >= 0.6 is 0 Å². The highest BCUT2D eigenvalue weighted by molar-refractivity contribution is 5.97. The zero-order valence-electron chi connectivity index (χ0n) is 17.1. The molecule has 0 aliphatic heterocycles. The van der Waals surface area contributed by atoms with Gasteiger partial charge < -0.3 is 19.4 Å². The number of pyridine rings is 2. The molecule has 0 bridgehead atoms. The molecule has 0 aliphatic carbocycles. The van der Waals surface area contributed by atoms with E-state index >= 15 is 0 Å². The van der Waals surface area contributed by atoms with Crippen LogP contribution in [0.5, 0.6) is 0 Å².